The van der Waals surface area contributed by atoms with Gasteiger partial charge in [0.2, 0.25) is 0 Å². The second-order valence-electron chi connectivity index (χ2n) is 7.22. The van der Waals surface area contributed by atoms with E-state index in [-0.39, 0.29) is 0 Å². The van der Waals surface area contributed by atoms with E-state index in [1.807, 2.05) is 5.32 Å². The maximum atomic E-state index is 13.0. The van der Waals surface area contributed by atoms with Crippen molar-refractivity contribution in [3.05, 3.63) is 58.1 Å². The minimum atomic E-state index is -5.46. The molecule has 3 rings (SSSR count). The fraction of sp³-hybridized carbons (Fsp3) is 0. The molecule has 3 aromatic rings. The molecule has 0 aromatic heterocycles. The average Bonchev–Trinajstić information content (AvgIpc) is 2.74. The van der Waals surface area contributed by atoms with Gasteiger partial charge in [-0.1, -0.05) is 6.07 Å². The van der Waals surface area contributed by atoms with Gasteiger partial charge in [0.05, 0.1) is 21.1 Å². The Morgan fingerprint density at radius 2 is 1.32 bits per heavy atom. The van der Waals surface area contributed by atoms with Crippen LogP contribution in [-0.2, 0) is 40.5 Å². The minimum absolute atomic E-state index is 0.377. The van der Waals surface area contributed by atoms with Crippen LogP contribution in [0.3, 0.4) is 0 Å². The number of nitrogens with zero attached hydrogens (tertiary/aromatic N) is 1. The number of rotatable bonds is 7. The van der Waals surface area contributed by atoms with E-state index >= 15 is 0 Å². The van der Waals surface area contributed by atoms with Crippen molar-refractivity contribution in [3.63, 3.8) is 0 Å². The first-order chi connectivity index (χ1) is 17.1. The normalized spacial score (nSPS) is 12.8. The molecule has 17 nitrogen and oxygen atoms in total. The highest BCUT2D eigenvalue weighted by atomic mass is 32.2. The molecule has 0 spiro atoms. The summed E-state index contributed by atoms with van der Waals surface area (Å²) in [5, 5.41) is 11.2. The highest BCUT2D eigenvalue weighted by Gasteiger charge is 2.32. The molecule has 3 aromatic carbocycles. The summed E-state index contributed by atoms with van der Waals surface area (Å²) in [6, 6.07) is 3.79. The predicted molar refractivity (Wildman–Crippen MR) is 124 cm³/mol. The van der Waals surface area contributed by atoms with E-state index in [4.69, 9.17) is 0 Å². The van der Waals surface area contributed by atoms with Gasteiger partial charge in [-0.15, -0.1) is 0 Å². The molecule has 0 unspecified atom stereocenters. The first-order valence-electron chi connectivity index (χ1n) is 9.23. The molecule has 5 N–H and O–H groups in total. The fourth-order valence-electron chi connectivity index (χ4n) is 3.40. The second kappa shape index (κ2) is 9.32. The number of nitro groups is 1. The third-order valence-corrected chi connectivity index (χ3v) is 8.39. The van der Waals surface area contributed by atoms with Crippen molar-refractivity contribution in [2.24, 2.45) is 0 Å². The van der Waals surface area contributed by atoms with Crippen molar-refractivity contribution in [3.8, 4) is 0 Å². The van der Waals surface area contributed by atoms with Gasteiger partial charge >= 0.3 is 10.1 Å². The summed E-state index contributed by atoms with van der Waals surface area (Å²) >= 11 is 0. The first-order valence-corrected chi connectivity index (χ1v) is 15.0. The summed E-state index contributed by atoms with van der Waals surface area (Å²) in [4.78, 5) is 18.0. The smallest absolute Gasteiger partial charge is 0.302 e. The van der Waals surface area contributed by atoms with Crippen LogP contribution in [0.5, 0.6) is 0 Å². The van der Waals surface area contributed by atoms with Gasteiger partial charge in [0.15, 0.2) is 4.90 Å². The van der Waals surface area contributed by atoms with E-state index in [0.717, 1.165) is 6.07 Å². The standard InChI is InChI=1S/C17H12N2O15S4/c20-17(9-2-1-3-12(19(21)22)16(9)38(32,33)34)18-11-7-8(35(23,24)25)6-10-13(36(26,27)28)4-5-14(15(10)11)37(29,30)31/h1-7H,(H,18,20)(H,23,24,25)(H,26,27,28)(H,29,30,31)(H,32,33,34). The largest absolute Gasteiger partial charge is 0.321 e. The van der Waals surface area contributed by atoms with Crippen LogP contribution in [-0.4, -0.2) is 62.7 Å². The van der Waals surface area contributed by atoms with E-state index < -0.39 is 98.6 Å². The lowest BCUT2D eigenvalue weighted by atomic mass is 10.1. The van der Waals surface area contributed by atoms with Gasteiger partial charge < -0.3 is 5.32 Å². The number of hydrogen-bond acceptors (Lipinski definition) is 11. The van der Waals surface area contributed by atoms with Crippen LogP contribution in [0.15, 0.2) is 62.0 Å². The number of amides is 1. The van der Waals surface area contributed by atoms with Crippen LogP contribution < -0.4 is 5.32 Å². The summed E-state index contributed by atoms with van der Waals surface area (Å²) in [5.74, 6) is -1.64. The SMILES string of the molecule is O=C(Nc1cc(S(=O)(=O)O)cc2c(S(=O)(=O)O)ccc(S(=O)(=O)O)c12)c1cccc([N+](=O)[O-])c1S(=O)(=O)O. The molecule has 0 aliphatic heterocycles. The molecule has 0 aliphatic carbocycles. The molecule has 0 radical (unpaired) electrons. The molecule has 0 bridgehead atoms. The van der Waals surface area contributed by atoms with Gasteiger partial charge in [-0.3, -0.25) is 33.1 Å². The Morgan fingerprint density at radius 1 is 0.763 bits per heavy atom. The zero-order chi connectivity index (χ0) is 29.0. The minimum Gasteiger partial charge on any atom is -0.321 e. The Bertz CT molecular complexity index is 1980. The van der Waals surface area contributed by atoms with E-state index in [1.165, 1.54) is 0 Å². The van der Waals surface area contributed by atoms with Crippen molar-refractivity contribution in [1.29, 1.82) is 0 Å². The highest BCUT2D eigenvalue weighted by molar-refractivity contribution is 7.87. The van der Waals surface area contributed by atoms with Crippen LogP contribution in [0.1, 0.15) is 10.4 Å². The maximum Gasteiger partial charge on any atom is 0.302 e. The Morgan fingerprint density at radius 3 is 1.79 bits per heavy atom. The summed E-state index contributed by atoms with van der Waals surface area (Å²) in [6.45, 7) is 0. The number of carbonyl (C=O) groups excluding carboxylic acids is 1. The number of fused-ring (bicyclic) bond motifs is 1. The lowest BCUT2D eigenvalue weighted by Gasteiger charge is -2.16. The maximum absolute atomic E-state index is 13.0. The summed E-state index contributed by atoms with van der Waals surface area (Å²) in [6.07, 6.45) is 0. The highest BCUT2D eigenvalue weighted by Crippen LogP contribution is 2.37. The van der Waals surface area contributed by atoms with E-state index in [0.29, 0.717) is 36.4 Å². The summed E-state index contributed by atoms with van der Waals surface area (Å²) < 4.78 is 133. The molecule has 0 fully saturated rings. The van der Waals surface area contributed by atoms with Crippen LogP contribution in [0.4, 0.5) is 11.4 Å². The molecule has 21 heteroatoms. The number of carbonyl (C=O) groups is 1. The third kappa shape index (κ3) is 5.63. The van der Waals surface area contributed by atoms with Crippen LogP contribution >= 0.6 is 0 Å². The first kappa shape index (κ1) is 29.0. The van der Waals surface area contributed by atoms with Gasteiger partial charge in [-0.25, -0.2) is 0 Å². The van der Waals surface area contributed by atoms with Gasteiger partial charge in [0.1, 0.15) is 9.79 Å². The quantitative estimate of drug-likeness (QED) is 0.141. The summed E-state index contributed by atoms with van der Waals surface area (Å²) in [5.41, 5.74) is -3.36. The molecule has 38 heavy (non-hydrogen) atoms. The van der Waals surface area contributed by atoms with Crippen molar-refractivity contribution in [2.45, 2.75) is 19.6 Å². The molecule has 204 valence electrons. The Kier molecular flexibility index (Phi) is 7.11. The second-order valence-corrected chi connectivity index (χ2v) is 12.8. The van der Waals surface area contributed by atoms with Gasteiger partial charge in [0.25, 0.3) is 41.9 Å². The number of anilines is 1. The number of nitro benzene ring substituents is 1. The van der Waals surface area contributed by atoms with Crippen LogP contribution in [0, 0.1) is 10.1 Å². The van der Waals surface area contributed by atoms with Gasteiger partial charge in [-0.05, 0) is 30.3 Å². The molecule has 0 atom stereocenters. The average molecular weight is 613 g/mol. The lowest BCUT2D eigenvalue weighted by Crippen LogP contribution is -2.18. The Labute approximate surface area is 212 Å². The molecule has 1 amide bonds. The molecule has 0 aliphatic rings. The topological polar surface area (TPSA) is 290 Å². The monoisotopic (exact) mass is 612 g/mol. The zero-order valence-corrected chi connectivity index (χ0v) is 21.2. The molecular formula is C17H12N2O15S4. The number of hydrogen-bond donors (Lipinski definition) is 5. The molecular weight excluding hydrogens is 600 g/mol. The molecule has 0 saturated carbocycles. The van der Waals surface area contributed by atoms with Crippen LogP contribution in [0.2, 0.25) is 0 Å². The van der Waals surface area contributed by atoms with E-state index in [9.17, 15) is 66.8 Å². The fourth-order valence-corrected chi connectivity index (χ4v) is 6.17. The van der Waals surface area contributed by atoms with E-state index in [1.54, 1.807) is 0 Å². The molecule has 0 heterocycles. The van der Waals surface area contributed by atoms with Crippen molar-refractivity contribution >= 4 is 68.5 Å². The van der Waals surface area contributed by atoms with Crippen molar-refractivity contribution in [1.82, 2.24) is 0 Å². The van der Waals surface area contributed by atoms with Crippen LogP contribution in [0.25, 0.3) is 10.8 Å². The Balaban J connectivity index is 2.49. The number of nitrogens with one attached hydrogen (secondary N) is 1. The summed E-state index contributed by atoms with van der Waals surface area (Å²) in [7, 11) is -21.2. The Hall–Kier alpha value is -3.57. The van der Waals surface area contributed by atoms with Crippen molar-refractivity contribution < 1.29 is 61.6 Å². The third-order valence-electron chi connectivity index (χ3n) is 4.81. The predicted octanol–water partition coefficient (Wildman–Crippen LogP) is 0.987. The lowest BCUT2D eigenvalue weighted by molar-refractivity contribution is -0.387. The van der Waals surface area contributed by atoms with Crippen molar-refractivity contribution in [2.75, 3.05) is 5.32 Å². The zero-order valence-electron chi connectivity index (χ0n) is 17.9. The number of benzene rings is 3. The van der Waals surface area contributed by atoms with E-state index in [2.05, 4.69) is 0 Å². The van der Waals surface area contributed by atoms with Gasteiger partial charge in [-0.2, -0.15) is 33.7 Å². The van der Waals surface area contributed by atoms with Gasteiger partial charge in [0, 0.05) is 16.8 Å². The molecule has 0 saturated heterocycles.